The Morgan fingerprint density at radius 3 is 2.80 bits per heavy atom. The summed E-state index contributed by atoms with van der Waals surface area (Å²) in [7, 11) is -1.87. The van der Waals surface area contributed by atoms with Crippen molar-refractivity contribution in [2.75, 3.05) is 25.5 Å². The molecule has 0 aromatic carbocycles. The summed E-state index contributed by atoms with van der Waals surface area (Å²) in [6, 6.07) is 3.52. The summed E-state index contributed by atoms with van der Waals surface area (Å²) in [6.45, 7) is 3.37. The number of rotatable bonds is 7. The Kier molecular flexibility index (Phi) is 4.99. The molecular weight excluding hydrogens is 274 g/mol. The van der Waals surface area contributed by atoms with Crippen LogP contribution in [0.2, 0.25) is 0 Å². The fraction of sp³-hybridized carbons (Fsp3) is 0.643. The predicted octanol–water partition coefficient (Wildman–Crippen LogP) is 2.32. The van der Waals surface area contributed by atoms with Crippen LogP contribution in [0.1, 0.15) is 32.6 Å². The summed E-state index contributed by atoms with van der Waals surface area (Å²) < 4.78 is 26.7. The normalized spacial score (nSPS) is 16.1. The monoisotopic (exact) mass is 297 g/mol. The van der Waals surface area contributed by atoms with Crippen LogP contribution in [0.4, 0.5) is 5.69 Å². The van der Waals surface area contributed by atoms with E-state index in [0.717, 1.165) is 25.8 Å². The van der Waals surface area contributed by atoms with Crippen molar-refractivity contribution in [1.82, 2.24) is 9.29 Å². The molecule has 0 bridgehead atoms. The van der Waals surface area contributed by atoms with Crippen LogP contribution in [-0.2, 0) is 10.0 Å². The van der Waals surface area contributed by atoms with Gasteiger partial charge in [0.2, 0.25) is 0 Å². The van der Waals surface area contributed by atoms with Gasteiger partial charge in [-0.15, -0.1) is 0 Å². The molecule has 1 aromatic rings. The summed E-state index contributed by atoms with van der Waals surface area (Å²) >= 11 is 0. The van der Waals surface area contributed by atoms with Crippen molar-refractivity contribution in [3.63, 3.8) is 0 Å². The Morgan fingerprint density at radius 2 is 2.20 bits per heavy atom. The van der Waals surface area contributed by atoms with Crippen LogP contribution in [0.3, 0.4) is 0 Å². The van der Waals surface area contributed by atoms with Crippen LogP contribution in [0.25, 0.3) is 0 Å². The van der Waals surface area contributed by atoms with Crippen LogP contribution in [0, 0.1) is 5.92 Å². The van der Waals surface area contributed by atoms with Crippen molar-refractivity contribution in [2.45, 2.75) is 37.6 Å². The van der Waals surface area contributed by atoms with Gasteiger partial charge < -0.3 is 5.32 Å². The molecule has 1 saturated carbocycles. The highest BCUT2D eigenvalue weighted by Gasteiger charge is 2.29. The standard InChI is InChI=1S/C14H23N3O2S/c1-3-9-15-13-8-5-10-16-14(13)20(18,19)17(2)11-12-6-4-7-12/h5,8,10,12,15H,3-4,6-7,9,11H2,1-2H3. The lowest BCUT2D eigenvalue weighted by Crippen LogP contribution is -2.35. The zero-order chi connectivity index (χ0) is 14.6. The van der Waals surface area contributed by atoms with Gasteiger partial charge in [-0.1, -0.05) is 13.3 Å². The molecule has 1 N–H and O–H groups in total. The average molecular weight is 297 g/mol. The molecule has 6 heteroatoms. The molecule has 0 amide bonds. The molecule has 0 spiro atoms. The van der Waals surface area contributed by atoms with E-state index in [1.54, 1.807) is 19.2 Å². The van der Waals surface area contributed by atoms with E-state index in [2.05, 4.69) is 10.3 Å². The Morgan fingerprint density at radius 1 is 1.45 bits per heavy atom. The van der Waals surface area contributed by atoms with Gasteiger partial charge in [0, 0.05) is 26.3 Å². The first-order valence-corrected chi connectivity index (χ1v) is 8.65. The molecule has 1 heterocycles. The van der Waals surface area contributed by atoms with Crippen LogP contribution in [0.15, 0.2) is 23.4 Å². The van der Waals surface area contributed by atoms with Gasteiger partial charge in [0.25, 0.3) is 10.0 Å². The number of nitrogens with one attached hydrogen (secondary N) is 1. The second kappa shape index (κ2) is 6.54. The van der Waals surface area contributed by atoms with Crippen molar-refractivity contribution >= 4 is 15.7 Å². The minimum Gasteiger partial charge on any atom is -0.383 e. The molecule has 1 aliphatic rings. The molecular formula is C14H23N3O2S. The topological polar surface area (TPSA) is 62.3 Å². The van der Waals surface area contributed by atoms with Gasteiger partial charge in [-0.3, -0.25) is 0 Å². The fourth-order valence-electron chi connectivity index (χ4n) is 2.28. The van der Waals surface area contributed by atoms with Gasteiger partial charge in [-0.05, 0) is 37.3 Å². The number of nitrogens with zero attached hydrogens (tertiary/aromatic N) is 2. The van der Waals surface area contributed by atoms with Crippen molar-refractivity contribution in [2.24, 2.45) is 5.92 Å². The molecule has 0 aliphatic heterocycles. The van der Waals surface area contributed by atoms with Crippen LogP contribution in [0.5, 0.6) is 0 Å². The van der Waals surface area contributed by atoms with E-state index in [-0.39, 0.29) is 5.03 Å². The molecule has 112 valence electrons. The zero-order valence-electron chi connectivity index (χ0n) is 12.2. The molecule has 1 aliphatic carbocycles. The van der Waals surface area contributed by atoms with Gasteiger partial charge in [-0.25, -0.2) is 13.4 Å². The second-order valence-electron chi connectivity index (χ2n) is 5.37. The molecule has 0 unspecified atom stereocenters. The van der Waals surface area contributed by atoms with Gasteiger partial charge in [-0.2, -0.15) is 4.31 Å². The Balaban J connectivity index is 2.18. The molecule has 1 aromatic heterocycles. The van der Waals surface area contributed by atoms with E-state index in [4.69, 9.17) is 0 Å². The quantitative estimate of drug-likeness (QED) is 0.839. The average Bonchev–Trinajstić information content (AvgIpc) is 2.40. The zero-order valence-corrected chi connectivity index (χ0v) is 13.0. The first-order chi connectivity index (χ1) is 9.55. The highest BCUT2D eigenvalue weighted by atomic mass is 32.2. The van der Waals surface area contributed by atoms with E-state index in [9.17, 15) is 8.42 Å². The van der Waals surface area contributed by atoms with Crippen LogP contribution in [-0.4, -0.2) is 37.8 Å². The maximum absolute atomic E-state index is 12.6. The van der Waals surface area contributed by atoms with Crippen molar-refractivity contribution in [1.29, 1.82) is 0 Å². The first-order valence-electron chi connectivity index (χ1n) is 7.21. The maximum Gasteiger partial charge on any atom is 0.262 e. The van der Waals surface area contributed by atoms with Crippen molar-refractivity contribution < 1.29 is 8.42 Å². The second-order valence-corrected chi connectivity index (χ2v) is 7.33. The highest BCUT2D eigenvalue weighted by molar-refractivity contribution is 7.89. The number of aromatic nitrogens is 1. The molecule has 1 fully saturated rings. The molecule has 20 heavy (non-hydrogen) atoms. The third kappa shape index (κ3) is 3.30. The summed E-state index contributed by atoms with van der Waals surface area (Å²) in [5, 5.41) is 3.27. The SMILES string of the molecule is CCCNc1cccnc1S(=O)(=O)N(C)CC1CCC1. The lowest BCUT2D eigenvalue weighted by atomic mass is 9.86. The lowest BCUT2D eigenvalue weighted by molar-refractivity contribution is 0.262. The minimum absolute atomic E-state index is 0.135. The van der Waals surface area contributed by atoms with Crippen LogP contribution >= 0.6 is 0 Å². The summed E-state index contributed by atoms with van der Waals surface area (Å²) in [5.41, 5.74) is 0.592. The highest BCUT2D eigenvalue weighted by Crippen LogP contribution is 2.29. The molecule has 0 radical (unpaired) electrons. The lowest BCUT2D eigenvalue weighted by Gasteiger charge is -2.29. The number of hydrogen-bond acceptors (Lipinski definition) is 4. The Bertz CT molecular complexity index is 541. The van der Waals surface area contributed by atoms with Crippen LogP contribution < -0.4 is 5.32 Å². The molecule has 0 atom stereocenters. The molecule has 0 saturated heterocycles. The van der Waals surface area contributed by atoms with Crippen molar-refractivity contribution in [3.8, 4) is 0 Å². The number of sulfonamides is 1. The largest absolute Gasteiger partial charge is 0.383 e. The predicted molar refractivity (Wildman–Crippen MR) is 80.2 cm³/mol. The van der Waals surface area contributed by atoms with E-state index < -0.39 is 10.0 Å². The van der Waals surface area contributed by atoms with Gasteiger partial charge in [0.1, 0.15) is 0 Å². The number of pyridine rings is 1. The maximum atomic E-state index is 12.6. The van der Waals surface area contributed by atoms with E-state index >= 15 is 0 Å². The number of anilines is 1. The van der Waals surface area contributed by atoms with Gasteiger partial charge in [0.15, 0.2) is 5.03 Å². The molecule has 2 rings (SSSR count). The Labute approximate surface area is 121 Å². The number of hydrogen-bond donors (Lipinski definition) is 1. The summed E-state index contributed by atoms with van der Waals surface area (Å²) in [5.74, 6) is 0.505. The van der Waals surface area contributed by atoms with E-state index in [0.29, 0.717) is 18.2 Å². The van der Waals surface area contributed by atoms with Gasteiger partial charge >= 0.3 is 0 Å². The van der Waals surface area contributed by atoms with Crippen molar-refractivity contribution in [3.05, 3.63) is 18.3 Å². The Hall–Kier alpha value is -1.14. The van der Waals surface area contributed by atoms with Gasteiger partial charge in [0.05, 0.1) is 5.69 Å². The third-order valence-corrected chi connectivity index (χ3v) is 5.52. The third-order valence-electron chi connectivity index (χ3n) is 3.73. The summed E-state index contributed by atoms with van der Waals surface area (Å²) in [6.07, 6.45) is 5.94. The molecule has 5 nitrogen and oxygen atoms in total. The van der Waals surface area contributed by atoms with E-state index in [1.807, 2.05) is 6.92 Å². The van der Waals surface area contributed by atoms with E-state index in [1.165, 1.54) is 16.9 Å². The summed E-state index contributed by atoms with van der Waals surface area (Å²) in [4.78, 5) is 4.08. The minimum atomic E-state index is -3.51. The smallest absolute Gasteiger partial charge is 0.262 e. The fourth-order valence-corrected chi connectivity index (χ4v) is 3.59. The first kappa shape index (κ1) is 15.3.